The average Bonchev–Trinajstić information content (AvgIpc) is 3.37. The minimum atomic E-state index is -3.61. The molecule has 1 amide bonds. The number of amides is 1. The lowest BCUT2D eigenvalue weighted by Crippen LogP contribution is -2.28. The van der Waals surface area contributed by atoms with E-state index in [0.717, 1.165) is 16.5 Å². The van der Waals surface area contributed by atoms with Gasteiger partial charge in [-0.1, -0.05) is 42.5 Å². The molecule has 0 saturated carbocycles. The molecular formula is C24H22N2O4S2. The van der Waals surface area contributed by atoms with Crippen LogP contribution in [0.15, 0.2) is 88.5 Å². The van der Waals surface area contributed by atoms with Gasteiger partial charge in [0.15, 0.2) is 0 Å². The molecule has 164 valence electrons. The number of fused-ring (bicyclic) bond motifs is 1. The number of rotatable bonds is 8. The number of hydrogen-bond acceptors (Lipinski definition) is 5. The molecule has 32 heavy (non-hydrogen) atoms. The summed E-state index contributed by atoms with van der Waals surface area (Å²) in [4.78, 5) is 12.4. The number of carbonyl (C=O) groups is 1. The van der Waals surface area contributed by atoms with Crippen LogP contribution >= 0.6 is 11.3 Å². The number of benzene rings is 3. The van der Waals surface area contributed by atoms with E-state index in [0.29, 0.717) is 24.4 Å². The van der Waals surface area contributed by atoms with E-state index in [1.807, 2.05) is 42.5 Å². The van der Waals surface area contributed by atoms with E-state index in [2.05, 4.69) is 5.32 Å². The Morgan fingerprint density at radius 3 is 2.47 bits per heavy atom. The number of nitrogens with one attached hydrogen (secondary N) is 1. The Labute approximate surface area is 191 Å². The van der Waals surface area contributed by atoms with Crippen LogP contribution in [0.4, 0.5) is 5.69 Å². The second-order valence-electron chi connectivity index (χ2n) is 7.03. The molecule has 4 rings (SSSR count). The SMILES string of the molecule is CN(c1ccc(C(=O)NCCOc2cccc3ccccc23)cc1)S(=O)(=O)c1cccs1. The summed E-state index contributed by atoms with van der Waals surface area (Å²) in [7, 11) is -2.11. The van der Waals surface area contributed by atoms with E-state index in [1.54, 1.807) is 41.8 Å². The third kappa shape index (κ3) is 4.61. The summed E-state index contributed by atoms with van der Waals surface area (Å²) >= 11 is 1.17. The van der Waals surface area contributed by atoms with Crippen molar-refractivity contribution in [1.29, 1.82) is 0 Å². The van der Waals surface area contributed by atoms with Crippen molar-refractivity contribution in [2.24, 2.45) is 0 Å². The molecule has 0 aliphatic heterocycles. The van der Waals surface area contributed by atoms with Crippen LogP contribution in [0.25, 0.3) is 10.8 Å². The minimum absolute atomic E-state index is 0.248. The predicted molar refractivity (Wildman–Crippen MR) is 128 cm³/mol. The maximum Gasteiger partial charge on any atom is 0.273 e. The molecule has 1 aromatic heterocycles. The Hall–Kier alpha value is -3.36. The molecule has 0 aliphatic carbocycles. The Bertz CT molecular complexity index is 1310. The van der Waals surface area contributed by atoms with Crippen molar-refractivity contribution in [2.45, 2.75) is 4.21 Å². The third-order valence-corrected chi connectivity index (χ3v) is 8.16. The topological polar surface area (TPSA) is 75.7 Å². The van der Waals surface area contributed by atoms with Crippen LogP contribution in [0, 0.1) is 0 Å². The summed E-state index contributed by atoms with van der Waals surface area (Å²) in [5, 5.41) is 6.67. The van der Waals surface area contributed by atoms with Crippen molar-refractivity contribution >= 4 is 43.7 Å². The molecular weight excluding hydrogens is 444 g/mol. The van der Waals surface area contributed by atoms with Gasteiger partial charge in [-0.2, -0.15) is 0 Å². The van der Waals surface area contributed by atoms with E-state index >= 15 is 0 Å². The highest BCUT2D eigenvalue weighted by Gasteiger charge is 2.22. The van der Waals surface area contributed by atoms with Gasteiger partial charge in [-0.05, 0) is 47.2 Å². The zero-order chi connectivity index (χ0) is 22.6. The molecule has 0 saturated heterocycles. The quantitative estimate of drug-likeness (QED) is 0.387. The maximum atomic E-state index is 12.6. The van der Waals surface area contributed by atoms with E-state index in [1.165, 1.54) is 22.7 Å². The summed E-state index contributed by atoms with van der Waals surface area (Å²) in [6.07, 6.45) is 0. The minimum Gasteiger partial charge on any atom is -0.491 e. The Kier molecular flexibility index (Phi) is 6.43. The fourth-order valence-electron chi connectivity index (χ4n) is 3.26. The zero-order valence-corrected chi connectivity index (χ0v) is 19.0. The fraction of sp³-hybridized carbons (Fsp3) is 0.125. The van der Waals surface area contributed by atoms with Crippen LogP contribution in [0.2, 0.25) is 0 Å². The summed E-state index contributed by atoms with van der Waals surface area (Å²) < 4.78 is 32.6. The highest BCUT2D eigenvalue weighted by Crippen LogP contribution is 2.26. The first-order chi connectivity index (χ1) is 15.5. The standard InChI is InChI=1S/C24H22N2O4S2/c1-26(32(28,29)23-10-5-17-31-23)20-13-11-19(12-14-20)24(27)25-15-16-30-22-9-4-7-18-6-2-3-8-21(18)22/h2-14,17H,15-16H2,1H3,(H,25,27). The summed E-state index contributed by atoms with van der Waals surface area (Å²) in [5.74, 6) is 0.526. The van der Waals surface area contributed by atoms with Gasteiger partial charge < -0.3 is 10.1 Å². The monoisotopic (exact) mass is 466 g/mol. The second kappa shape index (κ2) is 9.42. The molecule has 0 radical (unpaired) electrons. The van der Waals surface area contributed by atoms with Gasteiger partial charge in [0.25, 0.3) is 15.9 Å². The summed E-state index contributed by atoms with van der Waals surface area (Å²) in [5.41, 5.74) is 0.926. The van der Waals surface area contributed by atoms with Gasteiger partial charge in [-0.15, -0.1) is 11.3 Å². The van der Waals surface area contributed by atoms with Crippen LogP contribution in [0.3, 0.4) is 0 Å². The molecule has 0 atom stereocenters. The molecule has 0 bridgehead atoms. The van der Waals surface area contributed by atoms with Crippen molar-refractivity contribution in [3.63, 3.8) is 0 Å². The maximum absolute atomic E-state index is 12.6. The Balaban J connectivity index is 1.33. The third-order valence-electron chi connectivity index (χ3n) is 5.00. The Morgan fingerprint density at radius 1 is 0.969 bits per heavy atom. The number of anilines is 1. The highest BCUT2D eigenvalue weighted by molar-refractivity contribution is 7.94. The molecule has 1 N–H and O–H groups in total. The van der Waals surface area contributed by atoms with Gasteiger partial charge >= 0.3 is 0 Å². The first-order valence-electron chi connectivity index (χ1n) is 9.98. The number of thiophene rings is 1. The van der Waals surface area contributed by atoms with Gasteiger partial charge in [0.05, 0.1) is 12.2 Å². The molecule has 0 fully saturated rings. The van der Waals surface area contributed by atoms with Gasteiger partial charge in [0, 0.05) is 18.0 Å². The number of ether oxygens (including phenoxy) is 1. The van der Waals surface area contributed by atoms with E-state index in [-0.39, 0.29) is 10.1 Å². The lowest BCUT2D eigenvalue weighted by Gasteiger charge is -2.18. The number of carbonyl (C=O) groups excluding carboxylic acids is 1. The average molecular weight is 467 g/mol. The predicted octanol–water partition coefficient (Wildman–Crippen LogP) is 4.54. The van der Waals surface area contributed by atoms with Crippen LogP contribution < -0.4 is 14.4 Å². The van der Waals surface area contributed by atoms with Gasteiger partial charge in [-0.25, -0.2) is 8.42 Å². The van der Waals surface area contributed by atoms with Gasteiger partial charge in [-0.3, -0.25) is 9.10 Å². The number of nitrogens with zero attached hydrogens (tertiary/aromatic N) is 1. The second-order valence-corrected chi connectivity index (χ2v) is 10.2. The molecule has 0 aliphatic rings. The number of hydrogen-bond donors (Lipinski definition) is 1. The van der Waals surface area contributed by atoms with E-state index < -0.39 is 10.0 Å². The van der Waals surface area contributed by atoms with E-state index in [4.69, 9.17) is 4.74 Å². The smallest absolute Gasteiger partial charge is 0.273 e. The zero-order valence-electron chi connectivity index (χ0n) is 17.4. The molecule has 4 aromatic rings. The first kappa shape index (κ1) is 21.9. The van der Waals surface area contributed by atoms with Crippen LogP contribution in [0.1, 0.15) is 10.4 Å². The fourth-order valence-corrected chi connectivity index (χ4v) is 5.61. The van der Waals surface area contributed by atoms with Crippen LogP contribution in [-0.4, -0.2) is 34.5 Å². The summed E-state index contributed by atoms with van der Waals surface area (Å²) in [6, 6.07) is 23.6. The molecule has 6 nitrogen and oxygen atoms in total. The molecule has 0 spiro atoms. The highest BCUT2D eigenvalue weighted by atomic mass is 32.2. The molecule has 8 heteroatoms. The molecule has 1 heterocycles. The Morgan fingerprint density at radius 2 is 1.72 bits per heavy atom. The van der Waals surface area contributed by atoms with Crippen molar-refractivity contribution < 1.29 is 17.9 Å². The normalized spacial score (nSPS) is 11.3. The van der Waals surface area contributed by atoms with Crippen molar-refractivity contribution in [2.75, 3.05) is 24.5 Å². The van der Waals surface area contributed by atoms with Crippen LogP contribution in [0.5, 0.6) is 5.75 Å². The van der Waals surface area contributed by atoms with Crippen molar-refractivity contribution in [3.8, 4) is 5.75 Å². The first-order valence-corrected chi connectivity index (χ1v) is 12.3. The number of sulfonamides is 1. The van der Waals surface area contributed by atoms with Crippen LogP contribution in [-0.2, 0) is 10.0 Å². The lowest BCUT2D eigenvalue weighted by atomic mass is 10.1. The van der Waals surface area contributed by atoms with Crippen molar-refractivity contribution in [3.05, 3.63) is 89.8 Å². The lowest BCUT2D eigenvalue weighted by molar-refractivity contribution is 0.0947. The van der Waals surface area contributed by atoms with E-state index in [9.17, 15) is 13.2 Å². The molecule has 3 aromatic carbocycles. The van der Waals surface area contributed by atoms with Crippen molar-refractivity contribution in [1.82, 2.24) is 5.32 Å². The largest absolute Gasteiger partial charge is 0.491 e. The molecule has 0 unspecified atom stereocenters. The summed E-state index contributed by atoms with van der Waals surface area (Å²) in [6.45, 7) is 0.677. The van der Waals surface area contributed by atoms with Gasteiger partial charge in [0.2, 0.25) is 0 Å². The van der Waals surface area contributed by atoms with Gasteiger partial charge in [0.1, 0.15) is 16.6 Å².